The van der Waals surface area contributed by atoms with Crippen LogP contribution in [0, 0.1) is 20.8 Å². The number of carbonyl (C=O) groups excluding carboxylic acids is 1. The van der Waals surface area contributed by atoms with E-state index in [2.05, 4.69) is 16.5 Å². The monoisotopic (exact) mass is 345 g/mol. The highest BCUT2D eigenvalue weighted by Gasteiger charge is 2.04. The van der Waals surface area contributed by atoms with Crippen LogP contribution in [0.3, 0.4) is 0 Å². The number of amides is 1. The molecule has 4 heteroatoms. The van der Waals surface area contributed by atoms with E-state index in [1.165, 1.54) is 5.56 Å². The largest absolute Gasteiger partial charge is 0.348 e. The fraction of sp³-hybridized carbons (Fsp3) is 0.182. The molecule has 1 N–H and O–H groups in total. The van der Waals surface area contributed by atoms with E-state index in [9.17, 15) is 4.79 Å². The van der Waals surface area contributed by atoms with Gasteiger partial charge < -0.3 is 5.32 Å². The molecule has 26 heavy (non-hydrogen) atoms. The van der Waals surface area contributed by atoms with E-state index in [0.717, 1.165) is 28.2 Å². The second-order valence-corrected chi connectivity index (χ2v) is 6.47. The fourth-order valence-electron chi connectivity index (χ4n) is 2.74. The molecule has 0 radical (unpaired) electrons. The van der Waals surface area contributed by atoms with Crippen molar-refractivity contribution < 1.29 is 4.79 Å². The molecule has 0 aliphatic heterocycles. The molecule has 1 amide bonds. The number of benzene rings is 2. The Labute approximate surface area is 154 Å². The highest BCUT2D eigenvalue weighted by Crippen LogP contribution is 2.13. The highest BCUT2D eigenvalue weighted by molar-refractivity contribution is 5.91. The van der Waals surface area contributed by atoms with Gasteiger partial charge in [-0.15, -0.1) is 0 Å². The van der Waals surface area contributed by atoms with Crippen molar-refractivity contribution >= 4 is 12.0 Å². The molecule has 4 nitrogen and oxygen atoms in total. The van der Waals surface area contributed by atoms with Crippen molar-refractivity contribution in [2.45, 2.75) is 27.3 Å². The number of aromatic nitrogens is 2. The summed E-state index contributed by atoms with van der Waals surface area (Å²) in [5.41, 5.74) is 6.39. The number of nitrogens with one attached hydrogen (secondary N) is 1. The van der Waals surface area contributed by atoms with E-state index in [0.29, 0.717) is 6.54 Å². The average Bonchev–Trinajstić information content (AvgIpc) is 2.98. The second kappa shape index (κ2) is 7.83. The maximum Gasteiger partial charge on any atom is 0.244 e. The van der Waals surface area contributed by atoms with Crippen LogP contribution in [0.25, 0.3) is 11.8 Å². The van der Waals surface area contributed by atoms with E-state index in [-0.39, 0.29) is 5.91 Å². The lowest BCUT2D eigenvalue weighted by molar-refractivity contribution is -0.116. The molecule has 132 valence electrons. The van der Waals surface area contributed by atoms with Crippen molar-refractivity contribution in [2.24, 2.45) is 0 Å². The molecule has 0 atom stereocenters. The zero-order valence-electron chi connectivity index (χ0n) is 15.4. The van der Waals surface area contributed by atoms with Crippen LogP contribution in [-0.2, 0) is 11.3 Å². The van der Waals surface area contributed by atoms with E-state index < -0.39 is 0 Å². The van der Waals surface area contributed by atoms with E-state index in [1.54, 1.807) is 6.08 Å². The van der Waals surface area contributed by atoms with Crippen LogP contribution in [0.15, 0.2) is 60.7 Å². The van der Waals surface area contributed by atoms with Gasteiger partial charge in [0.1, 0.15) is 0 Å². The molecule has 0 saturated heterocycles. The Morgan fingerprint density at radius 2 is 1.73 bits per heavy atom. The zero-order valence-corrected chi connectivity index (χ0v) is 15.4. The first-order valence-corrected chi connectivity index (χ1v) is 8.66. The summed E-state index contributed by atoms with van der Waals surface area (Å²) in [5, 5.41) is 7.39. The molecule has 0 spiro atoms. The van der Waals surface area contributed by atoms with E-state index in [4.69, 9.17) is 0 Å². The number of hydrogen-bond acceptors (Lipinski definition) is 2. The van der Waals surface area contributed by atoms with Crippen molar-refractivity contribution in [2.75, 3.05) is 0 Å². The Bertz CT molecular complexity index is 919. The topological polar surface area (TPSA) is 46.9 Å². The second-order valence-electron chi connectivity index (χ2n) is 6.47. The third-order valence-corrected chi connectivity index (χ3v) is 4.16. The van der Waals surface area contributed by atoms with Crippen LogP contribution >= 0.6 is 0 Å². The summed E-state index contributed by atoms with van der Waals surface area (Å²) >= 11 is 0. The molecule has 0 saturated carbocycles. The number of aryl methyl sites for hydroxylation is 3. The van der Waals surface area contributed by atoms with Gasteiger partial charge in [-0.3, -0.25) is 4.79 Å². The van der Waals surface area contributed by atoms with Gasteiger partial charge in [-0.2, -0.15) is 5.10 Å². The first kappa shape index (κ1) is 17.7. The summed E-state index contributed by atoms with van der Waals surface area (Å²) in [6.45, 7) is 6.56. The van der Waals surface area contributed by atoms with Gasteiger partial charge in [-0.1, -0.05) is 42.0 Å². The Balaban J connectivity index is 1.57. The lowest BCUT2D eigenvalue weighted by Crippen LogP contribution is -2.20. The Hall–Kier alpha value is -3.14. The van der Waals surface area contributed by atoms with Gasteiger partial charge in [0.05, 0.1) is 11.4 Å². The third kappa shape index (κ3) is 4.48. The minimum Gasteiger partial charge on any atom is -0.348 e. The highest BCUT2D eigenvalue weighted by atomic mass is 16.1. The molecule has 0 aliphatic carbocycles. The van der Waals surface area contributed by atoms with Crippen molar-refractivity contribution in [1.29, 1.82) is 0 Å². The fourth-order valence-corrected chi connectivity index (χ4v) is 2.74. The normalized spacial score (nSPS) is 11.0. The molecule has 0 bridgehead atoms. The van der Waals surface area contributed by atoms with Crippen molar-refractivity contribution in [3.8, 4) is 5.69 Å². The minimum atomic E-state index is -0.104. The lowest BCUT2D eigenvalue weighted by atomic mass is 10.1. The Morgan fingerprint density at radius 1 is 1.04 bits per heavy atom. The quantitative estimate of drug-likeness (QED) is 0.707. The zero-order chi connectivity index (χ0) is 18.5. The predicted molar refractivity (Wildman–Crippen MR) is 105 cm³/mol. The van der Waals surface area contributed by atoms with Crippen LogP contribution in [0.1, 0.15) is 28.1 Å². The Kier molecular flexibility index (Phi) is 5.32. The van der Waals surface area contributed by atoms with Gasteiger partial charge in [0, 0.05) is 18.3 Å². The maximum absolute atomic E-state index is 12.0. The number of carbonyl (C=O) groups is 1. The summed E-state index contributed by atoms with van der Waals surface area (Å²) in [6, 6.07) is 18.2. The van der Waals surface area contributed by atoms with Crippen LogP contribution in [0.4, 0.5) is 0 Å². The van der Waals surface area contributed by atoms with Gasteiger partial charge >= 0.3 is 0 Å². The van der Waals surface area contributed by atoms with E-state index >= 15 is 0 Å². The van der Waals surface area contributed by atoms with E-state index in [1.807, 2.05) is 80.1 Å². The third-order valence-electron chi connectivity index (χ3n) is 4.16. The van der Waals surface area contributed by atoms with Gasteiger partial charge in [0.2, 0.25) is 5.91 Å². The van der Waals surface area contributed by atoms with Gasteiger partial charge in [0.25, 0.3) is 0 Å². The van der Waals surface area contributed by atoms with Crippen molar-refractivity contribution in [3.05, 3.63) is 88.8 Å². The molecule has 0 fully saturated rings. The molecule has 1 heterocycles. The summed E-state index contributed by atoms with van der Waals surface area (Å²) < 4.78 is 1.92. The van der Waals surface area contributed by atoms with Gasteiger partial charge in [0.15, 0.2) is 0 Å². The van der Waals surface area contributed by atoms with Gasteiger partial charge in [-0.25, -0.2) is 4.68 Å². The number of nitrogens with zero attached hydrogens (tertiary/aromatic N) is 2. The smallest absolute Gasteiger partial charge is 0.244 e. The van der Waals surface area contributed by atoms with Gasteiger partial charge in [-0.05, 0) is 56.2 Å². The van der Waals surface area contributed by atoms with Crippen LogP contribution in [-0.4, -0.2) is 15.7 Å². The standard InChI is InChI=1S/C22H23N3O/c1-16-4-6-19(7-5-16)10-13-22(26)23-15-20-8-11-21(12-9-20)25-18(3)14-17(2)24-25/h4-14H,15H2,1-3H3,(H,23,26). The molecule has 1 aromatic heterocycles. The molecule has 3 aromatic rings. The first-order chi connectivity index (χ1) is 12.5. The number of rotatable bonds is 5. The number of hydrogen-bond donors (Lipinski definition) is 1. The maximum atomic E-state index is 12.0. The summed E-state index contributed by atoms with van der Waals surface area (Å²) in [7, 11) is 0. The van der Waals surface area contributed by atoms with Crippen molar-refractivity contribution in [3.63, 3.8) is 0 Å². The molecular weight excluding hydrogens is 322 g/mol. The lowest BCUT2D eigenvalue weighted by Gasteiger charge is -2.07. The first-order valence-electron chi connectivity index (χ1n) is 8.66. The summed E-state index contributed by atoms with van der Waals surface area (Å²) in [4.78, 5) is 12.0. The van der Waals surface area contributed by atoms with Crippen LogP contribution in [0.2, 0.25) is 0 Å². The predicted octanol–water partition coefficient (Wildman–Crippen LogP) is 4.13. The van der Waals surface area contributed by atoms with Crippen LogP contribution in [0.5, 0.6) is 0 Å². The Morgan fingerprint density at radius 3 is 2.35 bits per heavy atom. The molecule has 0 aliphatic rings. The van der Waals surface area contributed by atoms with Crippen LogP contribution < -0.4 is 5.32 Å². The molecule has 2 aromatic carbocycles. The summed E-state index contributed by atoms with van der Waals surface area (Å²) in [5.74, 6) is -0.104. The van der Waals surface area contributed by atoms with Crippen molar-refractivity contribution in [1.82, 2.24) is 15.1 Å². The molecular formula is C22H23N3O. The minimum absolute atomic E-state index is 0.104. The average molecular weight is 345 g/mol. The molecule has 3 rings (SSSR count). The SMILES string of the molecule is Cc1ccc(C=CC(=O)NCc2ccc(-n3nc(C)cc3C)cc2)cc1. The summed E-state index contributed by atoms with van der Waals surface area (Å²) in [6.07, 6.45) is 3.38. The molecule has 0 unspecified atom stereocenters.